The van der Waals surface area contributed by atoms with Gasteiger partial charge in [0, 0.05) is 17.0 Å². The summed E-state index contributed by atoms with van der Waals surface area (Å²) in [6.45, 7) is 8.05. The molecular formula is C22H27N3O3S2. The maximum Gasteiger partial charge on any atom is 0.267 e. The second-order valence-electron chi connectivity index (χ2n) is 7.09. The number of ether oxygens (including phenoxy) is 1. The van der Waals surface area contributed by atoms with Gasteiger partial charge in [0.1, 0.15) is 10.6 Å². The molecule has 0 aliphatic carbocycles. The van der Waals surface area contributed by atoms with Crippen LogP contribution in [0.3, 0.4) is 0 Å². The number of carbonyl (C=O) groups is 1. The minimum atomic E-state index is -0.119. The molecule has 1 amide bonds. The van der Waals surface area contributed by atoms with Gasteiger partial charge >= 0.3 is 0 Å². The summed E-state index contributed by atoms with van der Waals surface area (Å²) in [5.41, 5.74) is 1.53. The highest BCUT2D eigenvalue weighted by Gasteiger charge is 2.20. The summed E-state index contributed by atoms with van der Waals surface area (Å²) >= 11 is 2.82. The van der Waals surface area contributed by atoms with Crippen molar-refractivity contribution in [3.8, 4) is 11.4 Å². The number of amides is 1. The van der Waals surface area contributed by atoms with E-state index in [9.17, 15) is 9.59 Å². The zero-order valence-corrected chi connectivity index (χ0v) is 19.6. The number of nitrogens with zero attached hydrogens (tertiary/aromatic N) is 2. The van der Waals surface area contributed by atoms with Crippen molar-refractivity contribution in [3.05, 3.63) is 45.1 Å². The minimum Gasteiger partial charge on any atom is -0.497 e. The molecular weight excluding hydrogens is 418 g/mol. The van der Waals surface area contributed by atoms with Gasteiger partial charge in [0.25, 0.3) is 5.56 Å². The van der Waals surface area contributed by atoms with Gasteiger partial charge < -0.3 is 10.1 Å². The number of benzene rings is 1. The monoisotopic (exact) mass is 445 g/mol. The Morgan fingerprint density at radius 2 is 2.13 bits per heavy atom. The second-order valence-corrected chi connectivity index (χ2v) is 9.11. The van der Waals surface area contributed by atoms with Crippen molar-refractivity contribution in [2.45, 2.75) is 51.7 Å². The molecule has 0 aliphatic heterocycles. The fourth-order valence-corrected chi connectivity index (χ4v) is 5.15. The molecule has 1 unspecified atom stereocenters. The predicted octanol–water partition coefficient (Wildman–Crippen LogP) is 4.33. The van der Waals surface area contributed by atoms with Gasteiger partial charge in [0.05, 0.1) is 23.9 Å². The summed E-state index contributed by atoms with van der Waals surface area (Å²) in [6, 6.07) is 7.44. The van der Waals surface area contributed by atoms with Gasteiger partial charge in [0.2, 0.25) is 5.91 Å². The molecule has 0 saturated carbocycles. The maximum atomic E-state index is 13.5. The lowest BCUT2D eigenvalue weighted by Gasteiger charge is -2.14. The Balaban J connectivity index is 2.11. The summed E-state index contributed by atoms with van der Waals surface area (Å²) in [7, 11) is 1.59. The molecule has 1 N–H and O–H groups in total. The highest BCUT2D eigenvalue weighted by Crippen LogP contribution is 2.31. The van der Waals surface area contributed by atoms with Gasteiger partial charge in [-0.2, -0.15) is 0 Å². The van der Waals surface area contributed by atoms with Crippen molar-refractivity contribution in [2.24, 2.45) is 0 Å². The molecule has 1 atom stereocenters. The number of aromatic nitrogens is 2. The molecule has 2 aromatic heterocycles. The Kier molecular flexibility index (Phi) is 7.20. The molecule has 2 heterocycles. The van der Waals surface area contributed by atoms with Gasteiger partial charge in [-0.05, 0) is 44.4 Å². The van der Waals surface area contributed by atoms with Crippen molar-refractivity contribution >= 4 is 39.2 Å². The number of aryl methyl sites for hydroxylation is 2. The average molecular weight is 446 g/mol. The van der Waals surface area contributed by atoms with E-state index in [0.717, 1.165) is 28.1 Å². The predicted molar refractivity (Wildman–Crippen MR) is 125 cm³/mol. The van der Waals surface area contributed by atoms with E-state index in [1.165, 1.54) is 11.8 Å². The summed E-state index contributed by atoms with van der Waals surface area (Å²) in [6.07, 6.45) is 1.72. The zero-order valence-electron chi connectivity index (χ0n) is 17.9. The number of hydrogen-bond acceptors (Lipinski definition) is 6. The van der Waals surface area contributed by atoms with Crippen molar-refractivity contribution in [3.63, 3.8) is 0 Å². The third kappa shape index (κ3) is 4.54. The van der Waals surface area contributed by atoms with E-state index in [2.05, 4.69) is 12.2 Å². The molecule has 3 aromatic rings. The topological polar surface area (TPSA) is 73.2 Å². The third-order valence-electron chi connectivity index (χ3n) is 5.02. The lowest BCUT2D eigenvalue weighted by atomic mass is 10.2. The minimum absolute atomic E-state index is 0.0718. The van der Waals surface area contributed by atoms with Crippen LogP contribution in [0.25, 0.3) is 15.9 Å². The molecule has 30 heavy (non-hydrogen) atoms. The van der Waals surface area contributed by atoms with Crippen LogP contribution in [-0.2, 0) is 11.2 Å². The lowest BCUT2D eigenvalue weighted by molar-refractivity contribution is -0.119. The van der Waals surface area contributed by atoms with E-state index in [1.54, 1.807) is 29.1 Å². The molecule has 6 nitrogen and oxygen atoms in total. The highest BCUT2D eigenvalue weighted by atomic mass is 32.2. The van der Waals surface area contributed by atoms with Crippen LogP contribution >= 0.6 is 23.1 Å². The van der Waals surface area contributed by atoms with E-state index in [4.69, 9.17) is 9.72 Å². The number of thiophene rings is 1. The molecule has 1 aromatic carbocycles. The lowest BCUT2D eigenvalue weighted by Crippen LogP contribution is -2.33. The fraction of sp³-hybridized carbons (Fsp3) is 0.409. The molecule has 0 aliphatic rings. The highest BCUT2D eigenvalue weighted by molar-refractivity contribution is 7.99. The van der Waals surface area contributed by atoms with Crippen LogP contribution in [0.2, 0.25) is 0 Å². The third-order valence-corrected chi connectivity index (χ3v) is 7.29. The van der Waals surface area contributed by atoms with Crippen LogP contribution in [-0.4, -0.2) is 34.4 Å². The zero-order chi connectivity index (χ0) is 21.8. The van der Waals surface area contributed by atoms with Crippen molar-refractivity contribution in [1.82, 2.24) is 14.9 Å². The normalized spacial score (nSPS) is 12.2. The number of fused-ring (bicyclic) bond motifs is 1. The molecule has 0 bridgehead atoms. The Morgan fingerprint density at radius 1 is 1.37 bits per heavy atom. The molecule has 0 fully saturated rings. The quantitative estimate of drug-likeness (QED) is 0.413. The number of thioether (sulfide) groups is 1. The van der Waals surface area contributed by atoms with Crippen LogP contribution < -0.4 is 15.6 Å². The Bertz CT molecular complexity index is 1120. The van der Waals surface area contributed by atoms with Gasteiger partial charge in [-0.25, -0.2) is 4.98 Å². The fourth-order valence-electron chi connectivity index (χ4n) is 3.17. The number of carbonyl (C=O) groups excluding carboxylic acids is 1. The molecule has 160 valence electrons. The number of nitrogens with one attached hydrogen (secondary N) is 1. The number of rotatable bonds is 8. The van der Waals surface area contributed by atoms with Crippen LogP contribution in [0.5, 0.6) is 5.75 Å². The Hall–Kier alpha value is -2.32. The molecule has 0 saturated heterocycles. The first-order valence-electron chi connectivity index (χ1n) is 10.0. The first-order valence-corrected chi connectivity index (χ1v) is 11.8. The van der Waals surface area contributed by atoms with Gasteiger partial charge in [0.15, 0.2) is 5.16 Å². The number of methoxy groups -OCH3 is 1. The summed E-state index contributed by atoms with van der Waals surface area (Å²) < 4.78 is 6.93. The van der Waals surface area contributed by atoms with Crippen LogP contribution in [0.1, 0.15) is 37.6 Å². The van der Waals surface area contributed by atoms with E-state index < -0.39 is 0 Å². The van der Waals surface area contributed by atoms with Gasteiger partial charge in [-0.15, -0.1) is 11.3 Å². The first kappa shape index (κ1) is 22.4. The SMILES string of the molecule is CCc1sc2nc(SCC(=O)NC(C)CC)n(-c3cccc(OC)c3)c(=O)c2c1C. The van der Waals surface area contributed by atoms with E-state index in [-0.39, 0.29) is 23.3 Å². The van der Waals surface area contributed by atoms with Crippen LogP contribution in [0.4, 0.5) is 0 Å². The van der Waals surface area contributed by atoms with E-state index in [1.807, 2.05) is 39.0 Å². The van der Waals surface area contributed by atoms with Gasteiger partial charge in [-0.1, -0.05) is 31.7 Å². The molecule has 3 rings (SSSR count). The van der Waals surface area contributed by atoms with Crippen LogP contribution in [0.15, 0.2) is 34.2 Å². The van der Waals surface area contributed by atoms with E-state index >= 15 is 0 Å². The van der Waals surface area contributed by atoms with Crippen LogP contribution in [0, 0.1) is 6.92 Å². The van der Waals surface area contributed by atoms with Crippen molar-refractivity contribution < 1.29 is 9.53 Å². The maximum absolute atomic E-state index is 13.5. The van der Waals surface area contributed by atoms with E-state index in [0.29, 0.717) is 22.0 Å². The first-order chi connectivity index (χ1) is 14.4. The summed E-state index contributed by atoms with van der Waals surface area (Å²) in [5.74, 6) is 0.774. The Labute approximate surface area is 184 Å². The number of hydrogen-bond donors (Lipinski definition) is 1. The largest absolute Gasteiger partial charge is 0.497 e. The van der Waals surface area contributed by atoms with Gasteiger partial charge in [-0.3, -0.25) is 14.2 Å². The average Bonchev–Trinajstić information content (AvgIpc) is 3.07. The summed E-state index contributed by atoms with van der Waals surface area (Å²) in [5, 5.41) is 4.11. The van der Waals surface area contributed by atoms with Crippen molar-refractivity contribution in [2.75, 3.05) is 12.9 Å². The standard InChI is InChI=1S/C22H27N3O3S2/c1-6-13(3)23-18(26)12-29-22-24-20-19(14(4)17(7-2)30-20)21(27)25(22)15-9-8-10-16(11-15)28-5/h8-11,13H,6-7,12H2,1-5H3,(H,23,26). The van der Waals surface area contributed by atoms with Crippen molar-refractivity contribution in [1.29, 1.82) is 0 Å². The second kappa shape index (κ2) is 9.66. The Morgan fingerprint density at radius 3 is 2.80 bits per heavy atom. The molecule has 0 spiro atoms. The molecule has 8 heteroatoms. The summed E-state index contributed by atoms with van der Waals surface area (Å²) in [4.78, 5) is 32.5. The molecule has 0 radical (unpaired) electrons. The smallest absolute Gasteiger partial charge is 0.267 e.